The van der Waals surface area contributed by atoms with E-state index in [0.29, 0.717) is 6.61 Å². The van der Waals surface area contributed by atoms with E-state index < -0.39 is 5.31 Å². The standard InChI is InChI=1S/C8H13BO2/c1-2-11-7(10)8(9)5-3-4-6-8/h2-6H2,1H3. The van der Waals surface area contributed by atoms with E-state index in [1.807, 2.05) is 0 Å². The summed E-state index contributed by atoms with van der Waals surface area (Å²) in [6, 6.07) is 0. The van der Waals surface area contributed by atoms with E-state index in [0.717, 1.165) is 25.7 Å². The van der Waals surface area contributed by atoms with Crippen LogP contribution in [-0.2, 0) is 9.53 Å². The Morgan fingerprint density at radius 3 is 2.55 bits per heavy atom. The molecule has 1 fully saturated rings. The van der Waals surface area contributed by atoms with Gasteiger partial charge in [-0.1, -0.05) is 12.8 Å². The largest absolute Gasteiger partial charge is 0.466 e. The van der Waals surface area contributed by atoms with Crippen molar-refractivity contribution in [3.05, 3.63) is 0 Å². The molecule has 0 bridgehead atoms. The Kier molecular flexibility index (Phi) is 2.58. The van der Waals surface area contributed by atoms with Gasteiger partial charge in [-0.2, -0.15) is 0 Å². The van der Waals surface area contributed by atoms with Crippen molar-refractivity contribution in [2.75, 3.05) is 6.61 Å². The lowest BCUT2D eigenvalue weighted by molar-refractivity contribution is -0.146. The Hall–Kier alpha value is -0.465. The molecular weight excluding hydrogens is 139 g/mol. The molecule has 2 nitrogen and oxygen atoms in total. The molecule has 0 aliphatic heterocycles. The lowest BCUT2D eigenvalue weighted by Gasteiger charge is -2.20. The van der Waals surface area contributed by atoms with Gasteiger partial charge in [0, 0.05) is 5.31 Å². The van der Waals surface area contributed by atoms with Crippen molar-refractivity contribution in [2.24, 2.45) is 0 Å². The Morgan fingerprint density at radius 1 is 1.55 bits per heavy atom. The van der Waals surface area contributed by atoms with Crippen LogP contribution in [0.3, 0.4) is 0 Å². The Labute approximate surface area is 68.7 Å². The monoisotopic (exact) mass is 152 g/mol. The van der Waals surface area contributed by atoms with Gasteiger partial charge in [0.1, 0.15) is 0 Å². The number of ether oxygens (including phenoxy) is 1. The third-order valence-corrected chi connectivity index (χ3v) is 2.18. The van der Waals surface area contributed by atoms with Crippen LogP contribution in [0.15, 0.2) is 0 Å². The molecule has 0 aromatic heterocycles. The van der Waals surface area contributed by atoms with Crippen LogP contribution in [0.25, 0.3) is 0 Å². The zero-order chi connectivity index (χ0) is 8.32. The molecule has 1 rings (SSSR count). The molecule has 0 aromatic rings. The topological polar surface area (TPSA) is 26.3 Å². The molecule has 1 aliphatic rings. The fourth-order valence-electron chi connectivity index (χ4n) is 1.48. The molecule has 0 heterocycles. The van der Waals surface area contributed by atoms with Crippen molar-refractivity contribution in [2.45, 2.75) is 37.9 Å². The number of rotatable bonds is 2. The summed E-state index contributed by atoms with van der Waals surface area (Å²) >= 11 is 0. The molecular formula is C8H13BO2. The van der Waals surface area contributed by atoms with Gasteiger partial charge in [-0.15, -0.1) is 0 Å². The fourth-order valence-corrected chi connectivity index (χ4v) is 1.48. The van der Waals surface area contributed by atoms with E-state index in [1.165, 1.54) is 0 Å². The van der Waals surface area contributed by atoms with Crippen LogP contribution < -0.4 is 0 Å². The highest BCUT2D eigenvalue weighted by Gasteiger charge is 2.36. The molecule has 0 atom stereocenters. The number of carbonyl (C=O) groups is 1. The van der Waals surface area contributed by atoms with E-state index >= 15 is 0 Å². The highest BCUT2D eigenvalue weighted by atomic mass is 16.5. The van der Waals surface area contributed by atoms with Crippen LogP contribution in [0, 0.1) is 0 Å². The van der Waals surface area contributed by atoms with Gasteiger partial charge in [0.25, 0.3) is 0 Å². The zero-order valence-electron chi connectivity index (χ0n) is 6.93. The van der Waals surface area contributed by atoms with Crippen LogP contribution in [0.5, 0.6) is 0 Å². The van der Waals surface area contributed by atoms with Crippen LogP contribution in [0.1, 0.15) is 32.6 Å². The minimum atomic E-state index is -0.657. The van der Waals surface area contributed by atoms with Gasteiger partial charge < -0.3 is 4.74 Å². The minimum Gasteiger partial charge on any atom is -0.466 e. The molecule has 0 spiro atoms. The predicted molar refractivity (Wildman–Crippen MR) is 43.5 cm³/mol. The molecule has 11 heavy (non-hydrogen) atoms. The minimum absolute atomic E-state index is 0.225. The maximum absolute atomic E-state index is 11.2. The number of esters is 1. The van der Waals surface area contributed by atoms with Crippen molar-refractivity contribution in [1.82, 2.24) is 0 Å². The number of carbonyl (C=O) groups excluding carboxylic acids is 1. The summed E-state index contributed by atoms with van der Waals surface area (Å²) in [6.45, 7) is 2.23. The molecule has 0 aromatic carbocycles. The van der Waals surface area contributed by atoms with Gasteiger partial charge in [0.05, 0.1) is 14.5 Å². The predicted octanol–water partition coefficient (Wildman–Crippen LogP) is 1.45. The second kappa shape index (κ2) is 3.29. The van der Waals surface area contributed by atoms with Crippen LogP contribution in [-0.4, -0.2) is 20.4 Å². The van der Waals surface area contributed by atoms with Crippen molar-refractivity contribution < 1.29 is 9.53 Å². The third-order valence-electron chi connectivity index (χ3n) is 2.18. The lowest BCUT2D eigenvalue weighted by Crippen LogP contribution is -2.23. The van der Waals surface area contributed by atoms with E-state index in [9.17, 15) is 4.79 Å². The summed E-state index contributed by atoms with van der Waals surface area (Å²) in [5.41, 5.74) is 0. The molecule has 0 amide bonds. The van der Waals surface area contributed by atoms with E-state index in [1.54, 1.807) is 6.92 Å². The Bertz CT molecular complexity index is 150. The van der Waals surface area contributed by atoms with Crippen LogP contribution >= 0.6 is 0 Å². The summed E-state index contributed by atoms with van der Waals surface area (Å²) < 4.78 is 4.86. The molecule has 60 valence electrons. The van der Waals surface area contributed by atoms with Crippen molar-refractivity contribution in [3.63, 3.8) is 0 Å². The first kappa shape index (κ1) is 8.63. The summed E-state index contributed by atoms with van der Waals surface area (Å²) in [5.74, 6) is -0.225. The first-order valence-corrected chi connectivity index (χ1v) is 4.15. The first-order valence-electron chi connectivity index (χ1n) is 4.15. The lowest BCUT2D eigenvalue weighted by atomic mass is 9.67. The normalized spacial score (nSPS) is 21.5. The third kappa shape index (κ3) is 1.76. The van der Waals surface area contributed by atoms with Gasteiger partial charge in [0.15, 0.2) is 0 Å². The molecule has 0 saturated heterocycles. The molecule has 3 heteroatoms. The van der Waals surface area contributed by atoms with Gasteiger partial charge in [-0.3, -0.25) is 4.79 Å². The highest BCUT2D eigenvalue weighted by Crippen LogP contribution is 2.42. The average molecular weight is 152 g/mol. The van der Waals surface area contributed by atoms with Crippen LogP contribution in [0.2, 0.25) is 5.31 Å². The maximum atomic E-state index is 11.2. The highest BCUT2D eigenvalue weighted by molar-refractivity contribution is 6.27. The summed E-state index contributed by atoms with van der Waals surface area (Å²) in [4.78, 5) is 11.2. The fraction of sp³-hybridized carbons (Fsp3) is 0.875. The SMILES string of the molecule is [B]C1(C(=O)OCC)CCCC1. The van der Waals surface area contributed by atoms with E-state index in [-0.39, 0.29) is 5.97 Å². The maximum Gasteiger partial charge on any atom is 0.303 e. The van der Waals surface area contributed by atoms with Gasteiger partial charge >= 0.3 is 5.97 Å². The first-order chi connectivity index (χ1) is 5.19. The van der Waals surface area contributed by atoms with Gasteiger partial charge in [-0.05, 0) is 19.8 Å². The molecule has 1 saturated carbocycles. The molecule has 0 N–H and O–H groups in total. The van der Waals surface area contributed by atoms with Crippen molar-refractivity contribution >= 4 is 13.8 Å². The number of hydrogen-bond donors (Lipinski definition) is 0. The Balaban J connectivity index is 2.49. The quantitative estimate of drug-likeness (QED) is 0.442. The molecule has 2 radical (unpaired) electrons. The van der Waals surface area contributed by atoms with Gasteiger partial charge in [0.2, 0.25) is 0 Å². The number of hydrogen-bond acceptors (Lipinski definition) is 2. The zero-order valence-corrected chi connectivity index (χ0v) is 6.93. The van der Waals surface area contributed by atoms with Crippen molar-refractivity contribution in [3.8, 4) is 0 Å². The second-order valence-corrected chi connectivity index (χ2v) is 3.08. The van der Waals surface area contributed by atoms with Crippen molar-refractivity contribution in [1.29, 1.82) is 0 Å². The van der Waals surface area contributed by atoms with E-state index in [4.69, 9.17) is 12.6 Å². The second-order valence-electron chi connectivity index (χ2n) is 3.08. The van der Waals surface area contributed by atoms with Gasteiger partial charge in [-0.25, -0.2) is 0 Å². The molecule has 0 unspecified atom stereocenters. The van der Waals surface area contributed by atoms with Crippen LogP contribution in [0.4, 0.5) is 0 Å². The van der Waals surface area contributed by atoms with E-state index in [2.05, 4.69) is 0 Å². The smallest absolute Gasteiger partial charge is 0.303 e. The summed E-state index contributed by atoms with van der Waals surface area (Å²) in [5, 5.41) is -0.657. The average Bonchev–Trinajstić information content (AvgIpc) is 2.38. The summed E-state index contributed by atoms with van der Waals surface area (Å²) in [7, 11) is 5.81. The summed E-state index contributed by atoms with van der Waals surface area (Å²) in [6.07, 6.45) is 3.67. The molecule has 1 aliphatic carbocycles. The Morgan fingerprint density at radius 2 is 2.09 bits per heavy atom.